The molecule has 8 rings (SSSR count). The van der Waals surface area contributed by atoms with Gasteiger partial charge < -0.3 is 62.8 Å². The van der Waals surface area contributed by atoms with E-state index in [1.165, 1.54) is 53.7 Å². The fourth-order valence-corrected chi connectivity index (χ4v) is 12.9. The van der Waals surface area contributed by atoms with Crippen LogP contribution in [0.4, 0.5) is 22.7 Å². The maximum absolute atomic E-state index is 14.5. The average Bonchev–Trinajstić information content (AvgIpc) is 1.70. The van der Waals surface area contributed by atoms with Crippen molar-refractivity contribution in [1.29, 1.82) is 5.41 Å². The minimum absolute atomic E-state index is 0.0264. The van der Waals surface area contributed by atoms with Crippen molar-refractivity contribution in [3.05, 3.63) is 258 Å². The molecule has 4 aliphatic rings. The molecule has 4 amide bonds. The van der Waals surface area contributed by atoms with E-state index < -0.39 is 94.8 Å². The summed E-state index contributed by atoms with van der Waals surface area (Å²) >= 11 is 0. The van der Waals surface area contributed by atoms with E-state index in [0.717, 1.165) is 22.3 Å². The second-order valence-electron chi connectivity index (χ2n) is 33.2. The van der Waals surface area contributed by atoms with E-state index >= 15 is 0 Å². The largest absolute Gasteiger partial charge is 0.461 e. The molecule has 4 aromatic carbocycles. The maximum Gasteiger partial charge on any atom is 0.310 e. The van der Waals surface area contributed by atoms with E-state index in [9.17, 15) is 43.8 Å². The second-order valence-corrected chi connectivity index (χ2v) is 33.2. The van der Waals surface area contributed by atoms with E-state index in [0.29, 0.717) is 18.4 Å². The van der Waals surface area contributed by atoms with E-state index in [1.807, 2.05) is 18.2 Å². The number of benzene rings is 4. The van der Waals surface area contributed by atoms with Gasteiger partial charge in [0.05, 0.1) is 75.8 Å². The lowest BCUT2D eigenvalue weighted by molar-refractivity contribution is -0.145. The van der Waals surface area contributed by atoms with Gasteiger partial charge in [-0.25, -0.2) is 0 Å². The van der Waals surface area contributed by atoms with Crippen LogP contribution in [-0.4, -0.2) is 79.6 Å². The number of aryl methyl sites for hydroxylation is 1. The van der Waals surface area contributed by atoms with Gasteiger partial charge in [0.15, 0.2) is 0 Å². The number of nitrogens with two attached hydrogens (primary N) is 3. The molecule has 8 atom stereocenters. The number of rotatable bonds is 35. The number of carbonyl (C=O) groups is 8. The number of ether oxygens (including phenoxy) is 4. The van der Waals surface area contributed by atoms with Crippen molar-refractivity contribution in [1.82, 2.24) is 0 Å². The van der Waals surface area contributed by atoms with Crippen molar-refractivity contribution in [2.75, 3.05) is 47.7 Å². The van der Waals surface area contributed by atoms with E-state index in [-0.39, 0.29) is 142 Å². The maximum atomic E-state index is 14.5. The first kappa shape index (κ1) is 86.9. The summed E-state index contributed by atoms with van der Waals surface area (Å²) in [7, 11) is 0. The predicted molar refractivity (Wildman–Crippen MR) is 451 cm³/mol. The number of hydrogen-bond donors (Lipinski definition) is 8. The predicted octanol–water partition coefficient (Wildman–Crippen LogP) is 16.1. The van der Waals surface area contributed by atoms with Crippen molar-refractivity contribution in [2.45, 2.75) is 143 Å². The van der Waals surface area contributed by atoms with Crippen LogP contribution in [0.3, 0.4) is 0 Å². The first-order valence-electron chi connectivity index (χ1n) is 38.3. The van der Waals surface area contributed by atoms with Gasteiger partial charge in [-0.05, 0) is 148 Å². The normalized spacial score (nSPS) is 19.9. The molecule has 0 aromatic heterocycles. The first-order chi connectivity index (χ1) is 53.3. The molecule has 0 bridgehead atoms. The van der Waals surface area contributed by atoms with Gasteiger partial charge in [-0.3, -0.25) is 38.4 Å². The molecular weight excluding hydrogens is 1420 g/mol. The Morgan fingerprint density at radius 1 is 0.434 bits per heavy atom. The molecule has 20 nitrogen and oxygen atoms in total. The highest BCUT2D eigenvalue weighted by Gasteiger charge is 2.52. The molecule has 0 saturated heterocycles. The summed E-state index contributed by atoms with van der Waals surface area (Å²) in [5.74, 6) is -10.1. The van der Waals surface area contributed by atoms with Crippen LogP contribution in [0.2, 0.25) is 0 Å². The van der Waals surface area contributed by atoms with Gasteiger partial charge in [0.1, 0.15) is 26.4 Å². The standard InChI is InChI=1S/C93H112N8O12/c1-18-23-33-70(94)78(80-74(98-82(102)62-51-66(62)86(106)110-41-19-2)37-28-38-75(80)99-83(103)63-52-67(63)87(107)111-42-20-3)72(96)35-26-31-56(57-47-60(92(12,13)14)50-61(48-57)93(15,16)17)32-27-36-73(97)79(71(95)34-25-24-30-55-45-58(90(6,7)8)49-59(46-55)91(9,10)11)81-76(100-84(104)64-53-68(64)88(108)112-43-21-4)39-29-40-77(81)101-85(105)65-54-69(65)89(109)113-44-22-5/h18-23,25-29,31-40,45-50,62-69,96H,1-5,24,30,41-44,51-54,94-95,97H2,6-17H3,(H,98,102)(H,99,103)(H,100,104)(H,101,105)/b32-27+,33-23-,34-25-,35-26-,56-31-,73-36-,78-70+,79-71+,96-72?. The van der Waals surface area contributed by atoms with Crippen LogP contribution < -0.4 is 38.5 Å². The molecule has 596 valence electrons. The third-order valence-corrected chi connectivity index (χ3v) is 20.0. The minimum atomic E-state index is -0.758. The Morgan fingerprint density at radius 2 is 0.770 bits per heavy atom. The van der Waals surface area contributed by atoms with E-state index in [2.05, 4.69) is 174 Å². The quantitative estimate of drug-likeness (QED) is 0.00698. The van der Waals surface area contributed by atoms with Gasteiger partial charge in [-0.2, -0.15) is 0 Å². The number of allylic oxidation sites excluding steroid dienone is 14. The van der Waals surface area contributed by atoms with Gasteiger partial charge in [0.25, 0.3) is 0 Å². The summed E-state index contributed by atoms with van der Waals surface area (Å²) in [6.45, 7) is 44.2. The molecule has 0 spiro atoms. The lowest BCUT2D eigenvalue weighted by atomic mass is 9.79. The Bertz CT molecular complexity index is 4470. The molecule has 0 radical (unpaired) electrons. The number of hydrogen-bond acceptors (Lipinski definition) is 16. The summed E-state index contributed by atoms with van der Waals surface area (Å²) in [5, 5.41) is 22.1. The van der Waals surface area contributed by atoms with E-state index in [1.54, 1.807) is 66.8 Å². The van der Waals surface area contributed by atoms with Crippen molar-refractivity contribution < 1.29 is 57.3 Å². The van der Waals surface area contributed by atoms with E-state index in [4.69, 9.17) is 36.1 Å². The minimum Gasteiger partial charge on any atom is -0.461 e. The summed E-state index contributed by atoms with van der Waals surface area (Å²) in [4.78, 5) is 110. The third kappa shape index (κ3) is 23.5. The second kappa shape index (κ2) is 37.6. The van der Waals surface area contributed by atoms with Crippen LogP contribution in [0, 0.1) is 52.8 Å². The fourth-order valence-electron chi connectivity index (χ4n) is 12.9. The molecule has 11 N–H and O–H groups in total. The lowest BCUT2D eigenvalue weighted by Crippen LogP contribution is -2.22. The van der Waals surface area contributed by atoms with Crippen molar-refractivity contribution in [3.63, 3.8) is 0 Å². The fraction of sp³-hybridized carbons (Fsp3) is 0.366. The number of nitrogens with one attached hydrogen (secondary N) is 5. The number of carbonyl (C=O) groups excluding carboxylic acids is 8. The molecule has 4 aromatic rings. The Balaban J connectivity index is 1.29. The third-order valence-electron chi connectivity index (χ3n) is 20.0. The number of esters is 4. The Hall–Kier alpha value is -11.7. The lowest BCUT2D eigenvalue weighted by Gasteiger charge is -2.26. The smallest absolute Gasteiger partial charge is 0.310 e. The Kier molecular flexibility index (Phi) is 28.9. The molecule has 4 aliphatic carbocycles. The molecule has 20 heteroatoms. The van der Waals surface area contributed by atoms with Crippen LogP contribution >= 0.6 is 0 Å². The molecule has 0 aliphatic heterocycles. The topological polar surface area (TPSA) is 324 Å². The zero-order chi connectivity index (χ0) is 83.0. The zero-order valence-electron chi connectivity index (χ0n) is 67.4. The Morgan fingerprint density at radius 3 is 1.12 bits per heavy atom. The van der Waals surface area contributed by atoms with Gasteiger partial charge >= 0.3 is 23.9 Å². The summed E-state index contributed by atoms with van der Waals surface area (Å²) < 4.78 is 21.2. The summed E-state index contributed by atoms with van der Waals surface area (Å²) in [5.41, 5.74) is 29.4. The molecule has 4 fully saturated rings. The van der Waals surface area contributed by atoms with Crippen LogP contribution in [0.5, 0.6) is 0 Å². The van der Waals surface area contributed by atoms with Gasteiger partial charge in [-0.15, -0.1) is 0 Å². The zero-order valence-corrected chi connectivity index (χ0v) is 67.4. The van der Waals surface area contributed by atoms with Crippen LogP contribution in [0.1, 0.15) is 160 Å². The summed E-state index contributed by atoms with van der Waals surface area (Å²) in [6, 6.07) is 22.9. The van der Waals surface area contributed by atoms with Crippen molar-refractivity contribution >= 4 is 92.7 Å². The molecule has 0 heterocycles. The molecule has 4 saturated carbocycles. The van der Waals surface area contributed by atoms with Gasteiger partial charge in [-0.1, -0.05) is 231 Å². The highest BCUT2D eigenvalue weighted by Crippen LogP contribution is 2.47. The van der Waals surface area contributed by atoms with Crippen LogP contribution in [0.15, 0.2) is 214 Å². The number of amides is 4. The van der Waals surface area contributed by atoms with Crippen LogP contribution in [0.25, 0.3) is 16.7 Å². The first-order valence-corrected chi connectivity index (χ1v) is 38.3. The molecule has 113 heavy (non-hydrogen) atoms. The van der Waals surface area contributed by atoms with Crippen molar-refractivity contribution in [3.8, 4) is 0 Å². The highest BCUT2D eigenvalue weighted by atomic mass is 16.5. The van der Waals surface area contributed by atoms with Gasteiger partial charge in [0.2, 0.25) is 23.6 Å². The highest BCUT2D eigenvalue weighted by molar-refractivity contribution is 6.31. The summed E-state index contributed by atoms with van der Waals surface area (Å²) in [6.07, 6.45) is 26.4. The van der Waals surface area contributed by atoms with Crippen molar-refractivity contribution in [2.24, 2.45) is 64.5 Å². The molecular formula is C93H112N8O12. The SMILES string of the molecule is C=C/C=C\C(N)=C(\C(=N)\C=C/C=C(/C=C/C=C(N)/C(=C(N)/C=C\CCc1cc(C(C)(C)C)cc(C(C)(C)C)c1)c1c(NC(=O)C2CC2C(=O)OCC=C)cccc1NC(=O)C1CC1C(=O)OCC=C)c1cc(C(C)(C)C)cc(C(C)(C)C)c1)c1c(NC(=O)C2CC2C(=O)OCC=C)cccc1NC(=O)C1CC1C(=O)OCC=C. The monoisotopic (exact) mass is 1530 g/mol. The van der Waals surface area contributed by atoms with Gasteiger partial charge in [0, 0.05) is 39.4 Å². The average molecular weight is 1530 g/mol. The molecule has 8 unspecified atom stereocenters. The Labute approximate surface area is 665 Å². The van der Waals surface area contributed by atoms with Crippen LogP contribution in [-0.2, 0) is 85.4 Å². The number of anilines is 4.